The molecule has 0 saturated heterocycles. The number of aromatic amines is 1. The number of pyridine rings is 1. The summed E-state index contributed by atoms with van der Waals surface area (Å²) in [4.78, 5) is 8.31. The average molecular weight is 246 g/mol. The lowest BCUT2D eigenvalue weighted by Crippen LogP contribution is -1.87. The molecule has 2 aromatic carbocycles. The SMILES string of the molecule is Cc1ccc2c(c1)c(C)nc1c3ccccc3[nH]c21. The summed E-state index contributed by atoms with van der Waals surface area (Å²) in [6.45, 7) is 4.21. The quantitative estimate of drug-likeness (QED) is 0.486. The molecule has 0 aliphatic rings. The fraction of sp³-hybridized carbons (Fsp3) is 0.118. The van der Waals surface area contributed by atoms with Crippen molar-refractivity contribution in [2.75, 3.05) is 0 Å². The molecular formula is C17H14N2. The molecule has 0 radical (unpaired) electrons. The zero-order valence-electron chi connectivity index (χ0n) is 11.0. The van der Waals surface area contributed by atoms with E-state index in [0.29, 0.717) is 0 Å². The molecular weight excluding hydrogens is 232 g/mol. The van der Waals surface area contributed by atoms with Gasteiger partial charge < -0.3 is 4.98 Å². The fourth-order valence-electron chi connectivity index (χ4n) is 2.84. The Labute approximate surface area is 111 Å². The summed E-state index contributed by atoms with van der Waals surface area (Å²) in [6, 6.07) is 14.9. The largest absolute Gasteiger partial charge is 0.353 e. The Hall–Kier alpha value is -2.35. The fourth-order valence-corrected chi connectivity index (χ4v) is 2.84. The van der Waals surface area contributed by atoms with Gasteiger partial charge in [-0.15, -0.1) is 0 Å². The van der Waals surface area contributed by atoms with E-state index < -0.39 is 0 Å². The third kappa shape index (κ3) is 1.40. The molecule has 19 heavy (non-hydrogen) atoms. The van der Waals surface area contributed by atoms with E-state index in [4.69, 9.17) is 4.98 Å². The molecule has 2 heteroatoms. The second kappa shape index (κ2) is 3.58. The Bertz CT molecular complexity index is 932. The monoisotopic (exact) mass is 246 g/mol. The summed E-state index contributed by atoms with van der Waals surface area (Å²) in [7, 11) is 0. The zero-order chi connectivity index (χ0) is 13.0. The number of fused-ring (bicyclic) bond motifs is 5. The number of H-pyrrole nitrogens is 1. The first-order valence-corrected chi connectivity index (χ1v) is 6.51. The Morgan fingerprint density at radius 3 is 2.63 bits per heavy atom. The molecule has 4 rings (SSSR count). The molecule has 2 nitrogen and oxygen atoms in total. The van der Waals surface area contributed by atoms with Crippen LogP contribution in [0.4, 0.5) is 0 Å². The van der Waals surface area contributed by atoms with Gasteiger partial charge in [-0.2, -0.15) is 0 Å². The Kier molecular flexibility index (Phi) is 1.99. The van der Waals surface area contributed by atoms with Gasteiger partial charge in [-0.1, -0.05) is 35.9 Å². The van der Waals surface area contributed by atoms with Crippen molar-refractivity contribution in [1.82, 2.24) is 9.97 Å². The molecule has 0 aliphatic carbocycles. The van der Waals surface area contributed by atoms with Crippen LogP contribution in [0, 0.1) is 13.8 Å². The number of hydrogen-bond donors (Lipinski definition) is 1. The summed E-state index contributed by atoms with van der Waals surface area (Å²) < 4.78 is 0. The van der Waals surface area contributed by atoms with Gasteiger partial charge in [-0.05, 0) is 26.0 Å². The molecule has 0 bridgehead atoms. The van der Waals surface area contributed by atoms with Crippen LogP contribution in [0.1, 0.15) is 11.3 Å². The lowest BCUT2D eigenvalue weighted by atomic mass is 10.1. The molecule has 0 unspecified atom stereocenters. The average Bonchev–Trinajstić information content (AvgIpc) is 2.78. The van der Waals surface area contributed by atoms with Crippen molar-refractivity contribution in [3.05, 3.63) is 53.7 Å². The topological polar surface area (TPSA) is 28.7 Å². The van der Waals surface area contributed by atoms with Crippen LogP contribution >= 0.6 is 0 Å². The summed E-state index contributed by atoms with van der Waals surface area (Å²) in [5.74, 6) is 0. The van der Waals surface area contributed by atoms with Crippen molar-refractivity contribution in [3.8, 4) is 0 Å². The van der Waals surface area contributed by atoms with Crippen molar-refractivity contribution in [2.45, 2.75) is 13.8 Å². The van der Waals surface area contributed by atoms with Crippen LogP contribution in [-0.2, 0) is 0 Å². The summed E-state index contributed by atoms with van der Waals surface area (Å²) in [6.07, 6.45) is 0. The van der Waals surface area contributed by atoms with Gasteiger partial charge in [0.1, 0.15) is 0 Å². The Morgan fingerprint density at radius 2 is 1.74 bits per heavy atom. The van der Waals surface area contributed by atoms with Crippen molar-refractivity contribution in [1.29, 1.82) is 0 Å². The van der Waals surface area contributed by atoms with Crippen molar-refractivity contribution < 1.29 is 0 Å². The molecule has 0 amide bonds. The minimum absolute atomic E-state index is 1.07. The maximum atomic E-state index is 4.80. The van der Waals surface area contributed by atoms with Gasteiger partial charge in [0.05, 0.1) is 11.0 Å². The Balaban J connectivity index is 2.32. The van der Waals surface area contributed by atoms with Crippen LogP contribution in [0.15, 0.2) is 42.5 Å². The standard InChI is InChI=1S/C17H14N2/c1-10-7-8-12-14(9-10)11(2)18-17-13-5-3-4-6-15(13)19-16(12)17/h3-9,19H,1-2H3. The third-order valence-electron chi connectivity index (χ3n) is 3.79. The minimum Gasteiger partial charge on any atom is -0.353 e. The van der Waals surface area contributed by atoms with E-state index in [1.54, 1.807) is 0 Å². The van der Waals surface area contributed by atoms with Gasteiger partial charge in [-0.3, -0.25) is 4.98 Å². The molecule has 0 spiro atoms. The van der Waals surface area contributed by atoms with Gasteiger partial charge in [0.15, 0.2) is 0 Å². The van der Waals surface area contributed by atoms with Crippen LogP contribution in [0.25, 0.3) is 32.7 Å². The molecule has 1 N–H and O–H groups in total. The molecule has 0 saturated carbocycles. The van der Waals surface area contributed by atoms with Gasteiger partial charge in [0, 0.05) is 27.4 Å². The molecule has 0 atom stereocenters. The van der Waals surface area contributed by atoms with Gasteiger partial charge in [0.2, 0.25) is 0 Å². The first-order chi connectivity index (χ1) is 9.24. The van der Waals surface area contributed by atoms with E-state index in [9.17, 15) is 0 Å². The predicted molar refractivity (Wildman–Crippen MR) is 80.6 cm³/mol. The van der Waals surface area contributed by atoms with Crippen molar-refractivity contribution in [2.24, 2.45) is 0 Å². The van der Waals surface area contributed by atoms with E-state index in [1.165, 1.54) is 21.7 Å². The van der Waals surface area contributed by atoms with Gasteiger partial charge in [-0.25, -0.2) is 0 Å². The number of aromatic nitrogens is 2. The second-order valence-corrected chi connectivity index (χ2v) is 5.14. The number of aryl methyl sites for hydroxylation is 2. The Morgan fingerprint density at radius 1 is 0.895 bits per heavy atom. The van der Waals surface area contributed by atoms with E-state index in [1.807, 2.05) is 0 Å². The number of rotatable bonds is 0. The molecule has 0 fully saturated rings. The number of hydrogen-bond acceptors (Lipinski definition) is 1. The summed E-state index contributed by atoms with van der Waals surface area (Å²) in [5.41, 5.74) is 5.73. The van der Waals surface area contributed by atoms with E-state index in [-0.39, 0.29) is 0 Å². The molecule has 2 aromatic heterocycles. The summed E-state index contributed by atoms with van der Waals surface area (Å²) >= 11 is 0. The lowest BCUT2D eigenvalue weighted by Gasteiger charge is -2.04. The smallest absolute Gasteiger partial charge is 0.0967 e. The normalized spacial score (nSPS) is 11.7. The molecule has 92 valence electrons. The highest BCUT2D eigenvalue weighted by Crippen LogP contribution is 2.31. The maximum Gasteiger partial charge on any atom is 0.0967 e. The maximum absolute atomic E-state index is 4.80. The van der Waals surface area contributed by atoms with Crippen molar-refractivity contribution in [3.63, 3.8) is 0 Å². The van der Waals surface area contributed by atoms with Crippen LogP contribution in [0.5, 0.6) is 0 Å². The number of nitrogens with zero attached hydrogens (tertiary/aromatic N) is 1. The van der Waals surface area contributed by atoms with E-state index >= 15 is 0 Å². The highest BCUT2D eigenvalue weighted by atomic mass is 14.8. The predicted octanol–water partition coefficient (Wildman–Crippen LogP) is 4.49. The van der Waals surface area contributed by atoms with Crippen LogP contribution in [0.2, 0.25) is 0 Å². The van der Waals surface area contributed by atoms with Crippen LogP contribution < -0.4 is 0 Å². The first-order valence-electron chi connectivity index (χ1n) is 6.51. The molecule has 0 aliphatic heterocycles. The minimum atomic E-state index is 1.07. The number of benzene rings is 2. The van der Waals surface area contributed by atoms with Crippen LogP contribution in [0.3, 0.4) is 0 Å². The number of nitrogens with one attached hydrogen (secondary N) is 1. The first kappa shape index (κ1) is 10.6. The van der Waals surface area contributed by atoms with Gasteiger partial charge >= 0.3 is 0 Å². The van der Waals surface area contributed by atoms with E-state index in [2.05, 4.69) is 61.3 Å². The molecule has 2 heterocycles. The second-order valence-electron chi connectivity index (χ2n) is 5.14. The highest BCUT2D eigenvalue weighted by molar-refractivity contribution is 6.15. The van der Waals surface area contributed by atoms with Crippen molar-refractivity contribution >= 4 is 32.7 Å². The zero-order valence-corrected chi connectivity index (χ0v) is 11.0. The van der Waals surface area contributed by atoms with Crippen LogP contribution in [-0.4, -0.2) is 9.97 Å². The highest BCUT2D eigenvalue weighted by Gasteiger charge is 2.10. The summed E-state index contributed by atoms with van der Waals surface area (Å²) in [5, 5.41) is 3.69. The number of para-hydroxylation sites is 1. The third-order valence-corrected chi connectivity index (χ3v) is 3.79. The lowest BCUT2D eigenvalue weighted by molar-refractivity contribution is 1.29. The molecule has 4 aromatic rings. The van der Waals surface area contributed by atoms with Gasteiger partial charge in [0.25, 0.3) is 0 Å². The van der Waals surface area contributed by atoms with E-state index in [0.717, 1.165) is 22.2 Å².